The molecule has 6 heteroatoms. The molecule has 17 heavy (non-hydrogen) atoms. The number of hydrogen-bond donors (Lipinski definition) is 2. The molecule has 98 valence electrons. The summed E-state index contributed by atoms with van der Waals surface area (Å²) in [5.74, 6) is 0. The Morgan fingerprint density at radius 2 is 2.35 bits per heavy atom. The summed E-state index contributed by atoms with van der Waals surface area (Å²) < 4.78 is 5.12. The fraction of sp³-hybridized carbons (Fsp3) is 0.909. The van der Waals surface area contributed by atoms with Crippen LogP contribution < -0.4 is 5.32 Å². The SMILES string of the molecule is CN(C)CC1CC(O)CN1CC1CNC(=O)O1. The van der Waals surface area contributed by atoms with Crippen LogP contribution in [0.3, 0.4) is 0 Å². The van der Waals surface area contributed by atoms with E-state index in [0.717, 1.165) is 13.0 Å². The van der Waals surface area contributed by atoms with Gasteiger partial charge in [0.2, 0.25) is 0 Å². The maximum absolute atomic E-state index is 10.9. The van der Waals surface area contributed by atoms with Crippen molar-refractivity contribution in [2.24, 2.45) is 0 Å². The highest BCUT2D eigenvalue weighted by Crippen LogP contribution is 2.19. The lowest BCUT2D eigenvalue weighted by Crippen LogP contribution is -2.42. The minimum Gasteiger partial charge on any atom is -0.443 e. The Morgan fingerprint density at radius 1 is 1.59 bits per heavy atom. The van der Waals surface area contributed by atoms with Gasteiger partial charge in [-0.2, -0.15) is 0 Å². The number of carbonyl (C=O) groups excluding carboxylic acids is 1. The third kappa shape index (κ3) is 3.31. The van der Waals surface area contributed by atoms with Gasteiger partial charge in [0.25, 0.3) is 0 Å². The van der Waals surface area contributed by atoms with Crippen LogP contribution in [0.25, 0.3) is 0 Å². The van der Waals surface area contributed by atoms with Gasteiger partial charge in [-0.15, -0.1) is 0 Å². The molecular formula is C11H21N3O3. The van der Waals surface area contributed by atoms with Crippen molar-refractivity contribution in [1.82, 2.24) is 15.1 Å². The highest BCUT2D eigenvalue weighted by Gasteiger charge is 2.34. The van der Waals surface area contributed by atoms with E-state index in [4.69, 9.17) is 4.74 Å². The summed E-state index contributed by atoms with van der Waals surface area (Å²) in [4.78, 5) is 15.3. The second kappa shape index (κ2) is 5.20. The molecule has 6 nitrogen and oxygen atoms in total. The zero-order chi connectivity index (χ0) is 12.4. The van der Waals surface area contributed by atoms with Crippen LogP contribution >= 0.6 is 0 Å². The Bertz CT molecular complexity index is 285. The first kappa shape index (κ1) is 12.6. The molecule has 3 atom stereocenters. The highest BCUT2D eigenvalue weighted by molar-refractivity contribution is 5.69. The minimum atomic E-state index is -0.334. The van der Waals surface area contributed by atoms with E-state index >= 15 is 0 Å². The zero-order valence-electron chi connectivity index (χ0n) is 10.4. The van der Waals surface area contributed by atoms with E-state index in [1.54, 1.807) is 0 Å². The molecule has 1 amide bonds. The molecule has 3 unspecified atom stereocenters. The number of likely N-dealkylation sites (tertiary alicyclic amines) is 1. The van der Waals surface area contributed by atoms with Gasteiger partial charge in [0.1, 0.15) is 6.10 Å². The second-order valence-corrected chi connectivity index (χ2v) is 5.17. The molecule has 2 rings (SSSR count). The first-order valence-corrected chi connectivity index (χ1v) is 6.06. The Hall–Kier alpha value is -0.850. The molecule has 0 aromatic heterocycles. The molecule has 2 fully saturated rings. The zero-order valence-corrected chi connectivity index (χ0v) is 10.4. The molecule has 0 spiro atoms. The van der Waals surface area contributed by atoms with Gasteiger partial charge in [0, 0.05) is 25.7 Å². The van der Waals surface area contributed by atoms with Crippen LogP contribution in [0.15, 0.2) is 0 Å². The molecule has 2 N–H and O–H groups in total. The number of amides is 1. The van der Waals surface area contributed by atoms with Crippen molar-refractivity contribution < 1.29 is 14.6 Å². The lowest BCUT2D eigenvalue weighted by atomic mass is 10.2. The van der Waals surface area contributed by atoms with E-state index < -0.39 is 0 Å². The van der Waals surface area contributed by atoms with Crippen molar-refractivity contribution >= 4 is 6.09 Å². The largest absolute Gasteiger partial charge is 0.443 e. The lowest BCUT2D eigenvalue weighted by Gasteiger charge is -2.27. The van der Waals surface area contributed by atoms with Crippen LogP contribution in [0, 0.1) is 0 Å². The van der Waals surface area contributed by atoms with E-state index in [1.807, 2.05) is 14.1 Å². The number of nitrogens with zero attached hydrogens (tertiary/aromatic N) is 2. The molecule has 2 aliphatic rings. The van der Waals surface area contributed by atoms with Crippen LogP contribution in [-0.2, 0) is 4.74 Å². The molecule has 2 heterocycles. The average molecular weight is 243 g/mol. The van der Waals surface area contributed by atoms with Crippen molar-refractivity contribution in [1.29, 1.82) is 0 Å². The molecule has 0 saturated carbocycles. The van der Waals surface area contributed by atoms with E-state index in [0.29, 0.717) is 25.7 Å². The summed E-state index contributed by atoms with van der Waals surface area (Å²) >= 11 is 0. The number of rotatable bonds is 4. The van der Waals surface area contributed by atoms with Gasteiger partial charge in [0.05, 0.1) is 12.6 Å². The van der Waals surface area contributed by atoms with Crippen molar-refractivity contribution in [3.05, 3.63) is 0 Å². The number of cyclic esters (lactones) is 1. The Kier molecular flexibility index (Phi) is 3.86. The maximum atomic E-state index is 10.9. The molecule has 0 aromatic rings. The van der Waals surface area contributed by atoms with Crippen molar-refractivity contribution in [3.63, 3.8) is 0 Å². The smallest absolute Gasteiger partial charge is 0.407 e. The summed E-state index contributed by atoms with van der Waals surface area (Å²) in [5, 5.41) is 12.4. The molecule has 0 radical (unpaired) electrons. The topological polar surface area (TPSA) is 65.0 Å². The summed E-state index contributed by atoms with van der Waals surface area (Å²) in [6.07, 6.45) is 0.119. The lowest BCUT2D eigenvalue weighted by molar-refractivity contribution is 0.0938. The summed E-state index contributed by atoms with van der Waals surface area (Å²) in [5.41, 5.74) is 0. The molecule has 0 aromatic carbocycles. The molecule has 2 saturated heterocycles. The fourth-order valence-electron chi connectivity index (χ4n) is 2.59. The normalized spacial score (nSPS) is 34.1. The Balaban J connectivity index is 1.87. The average Bonchev–Trinajstić information content (AvgIpc) is 2.74. The summed E-state index contributed by atoms with van der Waals surface area (Å²) in [6, 6.07) is 0.347. The third-order valence-electron chi connectivity index (χ3n) is 3.27. The molecule has 0 aliphatic carbocycles. The second-order valence-electron chi connectivity index (χ2n) is 5.17. The Morgan fingerprint density at radius 3 is 2.94 bits per heavy atom. The number of nitrogens with one attached hydrogen (secondary N) is 1. The van der Waals surface area contributed by atoms with Crippen LogP contribution in [-0.4, -0.2) is 79.5 Å². The predicted molar refractivity (Wildman–Crippen MR) is 62.8 cm³/mol. The molecule has 0 bridgehead atoms. The molecule has 2 aliphatic heterocycles. The van der Waals surface area contributed by atoms with Gasteiger partial charge in [0.15, 0.2) is 0 Å². The summed E-state index contributed by atoms with van der Waals surface area (Å²) in [7, 11) is 4.06. The van der Waals surface area contributed by atoms with E-state index in [-0.39, 0.29) is 18.3 Å². The van der Waals surface area contributed by atoms with Gasteiger partial charge >= 0.3 is 6.09 Å². The van der Waals surface area contributed by atoms with Crippen LogP contribution in [0.2, 0.25) is 0 Å². The standard InChI is InChI=1S/C11H21N3O3/c1-13(2)5-8-3-9(15)6-14(8)7-10-4-12-11(16)17-10/h8-10,15H,3-7H2,1-2H3,(H,12,16). The van der Waals surface area contributed by atoms with Gasteiger partial charge < -0.3 is 20.1 Å². The fourth-order valence-corrected chi connectivity index (χ4v) is 2.59. The number of hydrogen-bond acceptors (Lipinski definition) is 5. The van der Waals surface area contributed by atoms with Crippen molar-refractivity contribution in [2.75, 3.05) is 40.3 Å². The number of aliphatic hydroxyl groups is 1. The van der Waals surface area contributed by atoms with Crippen LogP contribution in [0.4, 0.5) is 4.79 Å². The van der Waals surface area contributed by atoms with Crippen molar-refractivity contribution in [3.8, 4) is 0 Å². The number of likely N-dealkylation sites (N-methyl/N-ethyl adjacent to an activating group) is 1. The van der Waals surface area contributed by atoms with E-state index in [1.165, 1.54) is 0 Å². The van der Waals surface area contributed by atoms with E-state index in [9.17, 15) is 9.90 Å². The number of alkyl carbamates (subject to hydrolysis) is 1. The quantitative estimate of drug-likeness (QED) is 0.669. The summed E-state index contributed by atoms with van der Waals surface area (Å²) in [6.45, 7) is 2.87. The van der Waals surface area contributed by atoms with Crippen molar-refractivity contribution in [2.45, 2.75) is 24.7 Å². The number of ether oxygens (including phenoxy) is 1. The van der Waals surface area contributed by atoms with Gasteiger partial charge in [-0.25, -0.2) is 4.79 Å². The van der Waals surface area contributed by atoms with Gasteiger partial charge in [-0.05, 0) is 20.5 Å². The maximum Gasteiger partial charge on any atom is 0.407 e. The highest BCUT2D eigenvalue weighted by atomic mass is 16.6. The number of β-amino-alcohol motifs (C(OH)–C–C–N with tert-alkyl or cyclic N) is 1. The van der Waals surface area contributed by atoms with Gasteiger partial charge in [-0.3, -0.25) is 4.90 Å². The number of carbonyl (C=O) groups is 1. The Labute approximate surface area is 102 Å². The van der Waals surface area contributed by atoms with Gasteiger partial charge in [-0.1, -0.05) is 0 Å². The third-order valence-corrected chi connectivity index (χ3v) is 3.27. The van der Waals surface area contributed by atoms with Crippen LogP contribution in [0.5, 0.6) is 0 Å². The number of aliphatic hydroxyl groups excluding tert-OH is 1. The first-order chi connectivity index (χ1) is 8.04. The van der Waals surface area contributed by atoms with E-state index in [2.05, 4.69) is 15.1 Å². The minimum absolute atomic E-state index is 0.0857. The predicted octanol–water partition coefficient (Wildman–Crippen LogP) is -0.908. The van der Waals surface area contributed by atoms with Crippen LogP contribution in [0.1, 0.15) is 6.42 Å². The monoisotopic (exact) mass is 243 g/mol. The first-order valence-electron chi connectivity index (χ1n) is 6.06. The molecular weight excluding hydrogens is 222 g/mol.